The summed E-state index contributed by atoms with van der Waals surface area (Å²) in [7, 11) is -1.43. The summed E-state index contributed by atoms with van der Waals surface area (Å²) < 4.78 is 12.9. The first-order valence-electron chi connectivity index (χ1n) is 6.26. The van der Waals surface area contributed by atoms with E-state index in [0.717, 1.165) is 11.3 Å². The Labute approximate surface area is 134 Å². The number of carbonyl (C=O) groups is 1. The summed E-state index contributed by atoms with van der Waals surface area (Å²) in [4.78, 5) is 12.5. The highest BCUT2D eigenvalue weighted by molar-refractivity contribution is 9.10. The lowest BCUT2D eigenvalue weighted by Gasteiger charge is -2.09. The van der Waals surface area contributed by atoms with E-state index in [9.17, 15) is 9.00 Å². The van der Waals surface area contributed by atoms with Gasteiger partial charge in [0.05, 0.1) is 15.7 Å². The van der Waals surface area contributed by atoms with Crippen LogP contribution in [-0.4, -0.2) is 15.9 Å². The van der Waals surface area contributed by atoms with Crippen molar-refractivity contribution in [2.24, 2.45) is 0 Å². The minimum Gasteiger partial charge on any atom is -0.399 e. The van der Waals surface area contributed by atoms with Gasteiger partial charge in [0.1, 0.15) is 5.75 Å². The second kappa shape index (κ2) is 6.87. The maximum absolute atomic E-state index is 12.2. The molecule has 0 bridgehead atoms. The van der Waals surface area contributed by atoms with Crippen molar-refractivity contribution in [3.8, 4) is 0 Å². The van der Waals surface area contributed by atoms with Crippen LogP contribution in [0.2, 0.25) is 0 Å². The molecule has 0 aromatic heterocycles. The van der Waals surface area contributed by atoms with E-state index in [0.29, 0.717) is 15.1 Å². The highest BCUT2D eigenvalue weighted by Gasteiger charge is 2.14. The largest absolute Gasteiger partial charge is 0.399 e. The Balaban J connectivity index is 2.06. The van der Waals surface area contributed by atoms with E-state index < -0.39 is 10.8 Å². The molecule has 4 nitrogen and oxygen atoms in total. The number of carbonyl (C=O) groups excluding carboxylic acids is 1. The molecule has 0 saturated carbocycles. The maximum atomic E-state index is 12.2. The van der Waals surface area contributed by atoms with Gasteiger partial charge in [-0.15, -0.1) is 0 Å². The van der Waals surface area contributed by atoms with E-state index in [4.69, 9.17) is 5.73 Å². The minimum absolute atomic E-state index is 0.100. The molecule has 0 aliphatic carbocycles. The first kappa shape index (κ1) is 15.7. The number of hydrogen-bond acceptors (Lipinski definition) is 3. The topological polar surface area (TPSA) is 72.2 Å². The lowest BCUT2D eigenvalue weighted by Crippen LogP contribution is -2.20. The van der Waals surface area contributed by atoms with Gasteiger partial charge in [0.25, 0.3) is 0 Å². The van der Waals surface area contributed by atoms with E-state index in [-0.39, 0.29) is 11.7 Å². The molecule has 0 radical (unpaired) electrons. The molecule has 0 aliphatic heterocycles. The van der Waals surface area contributed by atoms with Gasteiger partial charge in [0, 0.05) is 15.8 Å². The third-order valence-electron chi connectivity index (χ3n) is 2.88. The second-order valence-corrected chi connectivity index (χ2v) is 6.82. The molecule has 2 rings (SSSR count). The fourth-order valence-electron chi connectivity index (χ4n) is 1.80. The van der Waals surface area contributed by atoms with Gasteiger partial charge < -0.3 is 11.1 Å². The summed E-state index contributed by atoms with van der Waals surface area (Å²) >= 11 is 3.31. The van der Waals surface area contributed by atoms with Crippen molar-refractivity contribution in [1.82, 2.24) is 0 Å². The van der Waals surface area contributed by atoms with Crippen LogP contribution in [0.15, 0.2) is 51.8 Å². The molecule has 6 heteroatoms. The van der Waals surface area contributed by atoms with Crippen LogP contribution in [0.3, 0.4) is 0 Å². The predicted molar refractivity (Wildman–Crippen MR) is 89.6 cm³/mol. The van der Waals surface area contributed by atoms with Gasteiger partial charge in [0.2, 0.25) is 5.91 Å². The number of benzene rings is 2. The number of halogens is 1. The molecule has 1 atom stereocenters. The molecular weight excluding hydrogens is 352 g/mol. The standard InChI is InChI=1S/C15H15BrN2O2S/c1-10-4-2-3-5-13(10)18-15(19)9-21(20)14-7-6-11(17)8-12(14)16/h2-8H,9,17H2,1H3,(H,18,19). The number of anilines is 2. The van der Waals surface area contributed by atoms with Crippen molar-refractivity contribution in [2.45, 2.75) is 11.8 Å². The Morgan fingerprint density at radius 1 is 1.29 bits per heavy atom. The van der Waals surface area contributed by atoms with Crippen LogP contribution >= 0.6 is 15.9 Å². The van der Waals surface area contributed by atoms with Crippen molar-refractivity contribution in [2.75, 3.05) is 16.8 Å². The van der Waals surface area contributed by atoms with Crippen LogP contribution in [-0.2, 0) is 15.6 Å². The average molecular weight is 367 g/mol. The van der Waals surface area contributed by atoms with Crippen LogP contribution in [0.25, 0.3) is 0 Å². The lowest BCUT2D eigenvalue weighted by atomic mass is 10.2. The summed E-state index contributed by atoms with van der Waals surface area (Å²) in [5.74, 6) is -0.386. The molecule has 3 N–H and O–H groups in total. The molecule has 2 aromatic carbocycles. The Morgan fingerprint density at radius 3 is 2.67 bits per heavy atom. The Bertz CT molecular complexity index is 704. The molecule has 0 spiro atoms. The van der Waals surface area contributed by atoms with E-state index in [1.807, 2.05) is 31.2 Å². The minimum atomic E-state index is -1.43. The molecule has 0 heterocycles. The van der Waals surface area contributed by atoms with Gasteiger partial charge in [-0.2, -0.15) is 0 Å². The highest BCUT2D eigenvalue weighted by atomic mass is 79.9. The average Bonchev–Trinajstić information content (AvgIpc) is 2.41. The normalized spacial score (nSPS) is 11.9. The smallest absolute Gasteiger partial charge is 0.237 e. The molecule has 1 unspecified atom stereocenters. The van der Waals surface area contributed by atoms with Gasteiger partial charge in [0.15, 0.2) is 0 Å². The van der Waals surface area contributed by atoms with Crippen LogP contribution in [0.4, 0.5) is 11.4 Å². The van der Waals surface area contributed by atoms with Crippen LogP contribution in [0.1, 0.15) is 5.56 Å². The van der Waals surface area contributed by atoms with Gasteiger partial charge in [-0.3, -0.25) is 9.00 Å². The molecule has 110 valence electrons. The predicted octanol–water partition coefficient (Wildman–Crippen LogP) is 3.09. The Morgan fingerprint density at radius 2 is 2.00 bits per heavy atom. The molecule has 1 amide bonds. The SMILES string of the molecule is Cc1ccccc1NC(=O)CS(=O)c1ccc(N)cc1Br. The van der Waals surface area contributed by atoms with Crippen molar-refractivity contribution >= 4 is 44.0 Å². The van der Waals surface area contributed by atoms with E-state index in [2.05, 4.69) is 21.2 Å². The summed E-state index contributed by atoms with van der Waals surface area (Å²) in [6.45, 7) is 1.91. The van der Waals surface area contributed by atoms with Crippen molar-refractivity contribution in [1.29, 1.82) is 0 Å². The quantitative estimate of drug-likeness (QED) is 0.816. The zero-order chi connectivity index (χ0) is 15.4. The summed E-state index contributed by atoms with van der Waals surface area (Å²) in [6, 6.07) is 12.5. The van der Waals surface area contributed by atoms with Gasteiger partial charge >= 0.3 is 0 Å². The number of aryl methyl sites for hydroxylation is 1. The summed E-state index contributed by atoms with van der Waals surface area (Å²) in [6.07, 6.45) is 0. The second-order valence-electron chi connectivity index (χ2n) is 4.54. The van der Waals surface area contributed by atoms with Gasteiger partial charge in [-0.1, -0.05) is 18.2 Å². The van der Waals surface area contributed by atoms with Gasteiger partial charge in [-0.05, 0) is 52.7 Å². The third kappa shape index (κ3) is 4.15. The van der Waals surface area contributed by atoms with E-state index >= 15 is 0 Å². The highest BCUT2D eigenvalue weighted by Crippen LogP contribution is 2.23. The van der Waals surface area contributed by atoms with Crippen LogP contribution in [0.5, 0.6) is 0 Å². The zero-order valence-electron chi connectivity index (χ0n) is 11.4. The Kier molecular flexibility index (Phi) is 5.14. The van der Waals surface area contributed by atoms with Crippen molar-refractivity contribution < 1.29 is 9.00 Å². The first-order chi connectivity index (χ1) is 9.97. The number of nitrogens with two attached hydrogens (primary N) is 1. The fourth-order valence-corrected chi connectivity index (χ4v) is 3.70. The van der Waals surface area contributed by atoms with Crippen LogP contribution < -0.4 is 11.1 Å². The molecule has 0 aliphatic rings. The summed E-state index contributed by atoms with van der Waals surface area (Å²) in [5, 5.41) is 2.77. The van der Waals surface area contributed by atoms with E-state index in [1.165, 1.54) is 0 Å². The first-order valence-corrected chi connectivity index (χ1v) is 8.37. The molecule has 0 fully saturated rings. The number of nitrogens with one attached hydrogen (secondary N) is 1. The molecular formula is C15H15BrN2O2S. The lowest BCUT2D eigenvalue weighted by molar-refractivity contribution is -0.113. The number of rotatable bonds is 4. The van der Waals surface area contributed by atoms with Crippen molar-refractivity contribution in [3.05, 3.63) is 52.5 Å². The Hall–Kier alpha value is -1.66. The number of hydrogen-bond donors (Lipinski definition) is 2. The fraction of sp³-hybridized carbons (Fsp3) is 0.133. The monoisotopic (exact) mass is 366 g/mol. The number of nitrogen functional groups attached to an aromatic ring is 1. The molecule has 21 heavy (non-hydrogen) atoms. The maximum Gasteiger partial charge on any atom is 0.237 e. The van der Waals surface area contributed by atoms with Crippen LogP contribution in [0, 0.1) is 6.92 Å². The molecule has 2 aromatic rings. The van der Waals surface area contributed by atoms with Crippen molar-refractivity contribution in [3.63, 3.8) is 0 Å². The van der Waals surface area contributed by atoms with Gasteiger partial charge in [-0.25, -0.2) is 0 Å². The zero-order valence-corrected chi connectivity index (χ0v) is 13.8. The molecule has 0 saturated heterocycles. The number of amides is 1. The summed E-state index contributed by atoms with van der Waals surface area (Å²) in [5.41, 5.74) is 7.91. The van der Waals surface area contributed by atoms with E-state index in [1.54, 1.807) is 18.2 Å². The third-order valence-corrected chi connectivity index (χ3v) is 5.17. The number of para-hydroxylation sites is 1.